The molecule has 2 aliphatic rings. The zero-order valence-electron chi connectivity index (χ0n) is 13.6. The lowest BCUT2D eigenvalue weighted by Crippen LogP contribution is -2.39. The molecule has 1 saturated carbocycles. The van der Waals surface area contributed by atoms with Gasteiger partial charge < -0.3 is 9.26 Å². The van der Waals surface area contributed by atoms with Crippen LogP contribution in [-0.2, 0) is 21.4 Å². The van der Waals surface area contributed by atoms with Gasteiger partial charge in [-0.2, -0.15) is 4.98 Å². The molecule has 3 rings (SSSR count). The minimum absolute atomic E-state index is 0.170. The number of hydrogen-bond acceptors (Lipinski definition) is 6. The molecule has 1 saturated heterocycles. The number of aromatic nitrogens is 2. The molecule has 0 amide bonds. The molecular formula is C15H25N3O4S. The lowest BCUT2D eigenvalue weighted by molar-refractivity contribution is 0.0894. The van der Waals surface area contributed by atoms with E-state index in [4.69, 9.17) is 9.26 Å². The summed E-state index contributed by atoms with van der Waals surface area (Å²) < 4.78 is 36.5. The van der Waals surface area contributed by atoms with Gasteiger partial charge in [0, 0.05) is 19.0 Å². The summed E-state index contributed by atoms with van der Waals surface area (Å²) in [7, 11) is -3.10. The molecule has 1 aromatic heterocycles. The molecule has 0 bridgehead atoms. The lowest BCUT2D eigenvalue weighted by Gasteiger charge is -2.29. The average Bonchev–Trinajstić information content (AvgIpc) is 3.23. The van der Waals surface area contributed by atoms with Gasteiger partial charge in [0.05, 0.1) is 12.4 Å². The maximum atomic E-state index is 12.1. The molecule has 23 heavy (non-hydrogen) atoms. The highest BCUT2D eigenvalue weighted by atomic mass is 32.2. The Bertz CT molecular complexity index is 604. The summed E-state index contributed by atoms with van der Waals surface area (Å²) in [6, 6.07) is 0. The van der Waals surface area contributed by atoms with E-state index in [0.29, 0.717) is 43.8 Å². The number of sulfonamides is 1. The van der Waals surface area contributed by atoms with Crippen molar-refractivity contribution in [1.29, 1.82) is 0 Å². The van der Waals surface area contributed by atoms with Crippen LogP contribution in [0.5, 0.6) is 0 Å². The van der Waals surface area contributed by atoms with Gasteiger partial charge in [0.1, 0.15) is 6.61 Å². The van der Waals surface area contributed by atoms with Crippen LogP contribution < -0.4 is 0 Å². The molecule has 0 unspecified atom stereocenters. The van der Waals surface area contributed by atoms with E-state index < -0.39 is 10.0 Å². The third kappa shape index (κ3) is 4.51. The van der Waals surface area contributed by atoms with E-state index in [1.807, 2.05) is 6.92 Å². The zero-order valence-corrected chi connectivity index (χ0v) is 14.4. The van der Waals surface area contributed by atoms with Gasteiger partial charge in [-0.15, -0.1) is 0 Å². The molecule has 0 atom stereocenters. The second-order valence-corrected chi connectivity index (χ2v) is 8.58. The topological polar surface area (TPSA) is 85.5 Å². The van der Waals surface area contributed by atoms with Crippen LogP contribution in [-0.4, -0.2) is 48.3 Å². The second-order valence-electron chi connectivity index (χ2n) is 6.49. The number of hydrogen-bond donors (Lipinski definition) is 0. The lowest BCUT2D eigenvalue weighted by atomic mass is 9.98. The minimum atomic E-state index is -3.10. The van der Waals surface area contributed by atoms with Gasteiger partial charge in [-0.25, -0.2) is 12.7 Å². The molecule has 130 valence electrons. The van der Waals surface area contributed by atoms with E-state index in [9.17, 15) is 8.42 Å². The number of ether oxygens (including phenoxy) is 1. The van der Waals surface area contributed by atoms with E-state index in [1.165, 1.54) is 12.8 Å². The first-order valence-electron chi connectivity index (χ1n) is 8.46. The van der Waals surface area contributed by atoms with Crippen LogP contribution in [0.15, 0.2) is 4.52 Å². The number of nitrogens with zero attached hydrogens (tertiary/aromatic N) is 3. The van der Waals surface area contributed by atoms with Crippen molar-refractivity contribution >= 4 is 10.0 Å². The van der Waals surface area contributed by atoms with Gasteiger partial charge in [-0.1, -0.05) is 12.1 Å². The number of rotatable bonds is 8. The molecule has 7 nitrogen and oxygen atoms in total. The summed E-state index contributed by atoms with van der Waals surface area (Å²) in [6.07, 6.45) is 4.65. The average molecular weight is 343 g/mol. The zero-order chi connectivity index (χ0) is 16.3. The van der Waals surface area contributed by atoms with Gasteiger partial charge >= 0.3 is 0 Å². The fourth-order valence-corrected chi connectivity index (χ4v) is 4.41. The summed E-state index contributed by atoms with van der Waals surface area (Å²) >= 11 is 0. The van der Waals surface area contributed by atoms with Gasteiger partial charge in [0.25, 0.3) is 5.89 Å². The molecule has 0 N–H and O–H groups in total. The van der Waals surface area contributed by atoms with Crippen molar-refractivity contribution in [3.63, 3.8) is 0 Å². The highest BCUT2D eigenvalue weighted by Crippen LogP contribution is 2.29. The Kier molecular flexibility index (Phi) is 5.33. The normalized spacial score (nSPS) is 20.9. The SMILES string of the molecule is CCCS(=O)(=O)N1CCC(c2noc(COCC3CC3)n2)CC1. The van der Waals surface area contributed by atoms with Gasteiger partial charge in [-0.3, -0.25) is 0 Å². The molecule has 2 heterocycles. The van der Waals surface area contributed by atoms with E-state index in [-0.39, 0.29) is 11.7 Å². The first-order valence-corrected chi connectivity index (χ1v) is 10.1. The Hall–Kier alpha value is -0.990. The summed E-state index contributed by atoms with van der Waals surface area (Å²) in [5, 5.41) is 4.04. The third-order valence-corrected chi connectivity index (χ3v) is 6.51. The van der Waals surface area contributed by atoms with Crippen LogP contribution in [0.4, 0.5) is 0 Å². The van der Waals surface area contributed by atoms with Crippen molar-refractivity contribution in [3.8, 4) is 0 Å². The first-order chi connectivity index (χ1) is 11.1. The molecule has 0 spiro atoms. The van der Waals surface area contributed by atoms with E-state index >= 15 is 0 Å². The Morgan fingerprint density at radius 2 is 2.00 bits per heavy atom. The molecular weight excluding hydrogens is 318 g/mol. The third-order valence-electron chi connectivity index (χ3n) is 4.43. The molecule has 1 aromatic rings. The quantitative estimate of drug-likeness (QED) is 0.717. The molecule has 0 radical (unpaired) electrons. The van der Waals surface area contributed by atoms with Gasteiger partial charge in [-0.05, 0) is 38.0 Å². The fraction of sp³-hybridized carbons (Fsp3) is 0.867. The molecule has 8 heteroatoms. The van der Waals surface area contributed by atoms with Gasteiger partial charge in [0.15, 0.2) is 5.82 Å². The highest BCUT2D eigenvalue weighted by molar-refractivity contribution is 7.89. The van der Waals surface area contributed by atoms with E-state index in [2.05, 4.69) is 10.1 Å². The highest BCUT2D eigenvalue weighted by Gasteiger charge is 2.30. The van der Waals surface area contributed by atoms with Crippen LogP contribution in [0.25, 0.3) is 0 Å². The molecule has 1 aliphatic heterocycles. The Morgan fingerprint density at radius 1 is 1.26 bits per heavy atom. The van der Waals surface area contributed by atoms with Crippen molar-refractivity contribution in [2.24, 2.45) is 5.92 Å². The molecule has 1 aliphatic carbocycles. The van der Waals surface area contributed by atoms with Crippen LogP contribution in [0.1, 0.15) is 56.7 Å². The second kappa shape index (κ2) is 7.27. The Morgan fingerprint density at radius 3 is 2.65 bits per heavy atom. The van der Waals surface area contributed by atoms with Crippen LogP contribution in [0.3, 0.4) is 0 Å². The summed E-state index contributed by atoms with van der Waals surface area (Å²) in [5.41, 5.74) is 0. The largest absolute Gasteiger partial charge is 0.371 e. The molecule has 0 aromatic carbocycles. The van der Waals surface area contributed by atoms with Crippen molar-refractivity contribution in [3.05, 3.63) is 11.7 Å². The van der Waals surface area contributed by atoms with Crippen molar-refractivity contribution in [2.75, 3.05) is 25.4 Å². The maximum absolute atomic E-state index is 12.1. The summed E-state index contributed by atoms with van der Waals surface area (Å²) in [4.78, 5) is 4.40. The van der Waals surface area contributed by atoms with Crippen molar-refractivity contribution in [2.45, 2.75) is 51.6 Å². The van der Waals surface area contributed by atoms with Crippen LogP contribution in [0, 0.1) is 5.92 Å². The minimum Gasteiger partial charge on any atom is -0.371 e. The fourth-order valence-electron chi connectivity index (χ4n) is 2.87. The van der Waals surface area contributed by atoms with E-state index in [0.717, 1.165) is 19.4 Å². The summed E-state index contributed by atoms with van der Waals surface area (Å²) in [6.45, 7) is 4.10. The summed E-state index contributed by atoms with van der Waals surface area (Å²) in [5.74, 6) is 2.31. The number of piperidine rings is 1. The first kappa shape index (κ1) is 16.9. The Labute approximate surface area is 137 Å². The smallest absolute Gasteiger partial charge is 0.252 e. The predicted octanol–water partition coefficient (Wildman–Crippen LogP) is 1.92. The Balaban J connectivity index is 1.48. The van der Waals surface area contributed by atoms with Crippen molar-refractivity contribution in [1.82, 2.24) is 14.4 Å². The predicted molar refractivity (Wildman–Crippen MR) is 84.3 cm³/mol. The van der Waals surface area contributed by atoms with Gasteiger partial charge in [0.2, 0.25) is 10.0 Å². The van der Waals surface area contributed by atoms with Crippen LogP contribution in [0.2, 0.25) is 0 Å². The van der Waals surface area contributed by atoms with Crippen LogP contribution >= 0.6 is 0 Å². The standard InChI is InChI=1S/C15H25N3O4S/c1-2-9-23(19,20)18-7-5-13(6-8-18)15-16-14(22-17-15)11-21-10-12-3-4-12/h12-13H,2-11H2,1H3. The van der Waals surface area contributed by atoms with Crippen molar-refractivity contribution < 1.29 is 17.7 Å². The molecule has 2 fully saturated rings. The van der Waals surface area contributed by atoms with E-state index in [1.54, 1.807) is 4.31 Å². The monoisotopic (exact) mass is 343 g/mol. The maximum Gasteiger partial charge on any atom is 0.252 e.